The Labute approximate surface area is 85.5 Å². The molecule has 1 fully saturated rings. The number of nitrogens with zero attached hydrogens (tertiary/aromatic N) is 2. The van der Waals surface area contributed by atoms with Crippen molar-refractivity contribution >= 4 is 5.95 Å². The first-order chi connectivity index (χ1) is 6.79. The smallest absolute Gasteiger partial charge is 0.203 e. The van der Waals surface area contributed by atoms with Gasteiger partial charge in [-0.1, -0.05) is 6.42 Å². The summed E-state index contributed by atoms with van der Waals surface area (Å²) < 4.78 is 2.27. The Bertz CT molecular complexity index is 299. The van der Waals surface area contributed by atoms with Gasteiger partial charge in [-0.2, -0.15) is 0 Å². The summed E-state index contributed by atoms with van der Waals surface area (Å²) in [5.41, 5.74) is 1.11. The van der Waals surface area contributed by atoms with Crippen LogP contribution in [0.2, 0.25) is 0 Å². The van der Waals surface area contributed by atoms with E-state index in [9.17, 15) is 0 Å². The Morgan fingerprint density at radius 2 is 2.36 bits per heavy atom. The van der Waals surface area contributed by atoms with Crippen LogP contribution in [0, 0.1) is 12.8 Å². The third kappa shape index (κ3) is 1.91. The zero-order valence-electron chi connectivity index (χ0n) is 9.08. The lowest BCUT2D eigenvalue weighted by Gasteiger charge is -2.26. The minimum absolute atomic E-state index is 0.890. The fourth-order valence-electron chi connectivity index (χ4n) is 1.94. The van der Waals surface area contributed by atoms with Crippen LogP contribution in [0.15, 0.2) is 6.20 Å². The second kappa shape index (κ2) is 4.03. The van der Waals surface area contributed by atoms with Crippen molar-refractivity contribution in [1.82, 2.24) is 9.55 Å². The van der Waals surface area contributed by atoms with E-state index >= 15 is 0 Å². The first-order valence-electron chi connectivity index (χ1n) is 5.57. The summed E-state index contributed by atoms with van der Waals surface area (Å²) in [6.07, 6.45) is 6.34. The van der Waals surface area contributed by atoms with Crippen LogP contribution in [0.3, 0.4) is 0 Å². The molecule has 0 aromatic carbocycles. The van der Waals surface area contributed by atoms with Crippen molar-refractivity contribution in [2.24, 2.45) is 5.92 Å². The average Bonchev–Trinajstić information content (AvgIpc) is 2.40. The molecule has 1 aliphatic carbocycles. The average molecular weight is 193 g/mol. The number of nitrogens with one attached hydrogen (secondary N) is 1. The first-order valence-corrected chi connectivity index (χ1v) is 5.57. The number of rotatable bonds is 4. The minimum Gasteiger partial charge on any atom is -0.356 e. The Hall–Kier alpha value is -0.990. The summed E-state index contributed by atoms with van der Waals surface area (Å²) >= 11 is 0. The van der Waals surface area contributed by atoms with Crippen molar-refractivity contribution < 1.29 is 0 Å². The second-order valence-electron chi connectivity index (χ2n) is 4.19. The predicted octanol–water partition coefficient (Wildman–Crippen LogP) is 2.42. The van der Waals surface area contributed by atoms with Crippen LogP contribution in [-0.2, 0) is 6.54 Å². The van der Waals surface area contributed by atoms with E-state index in [1.165, 1.54) is 19.3 Å². The standard InChI is InChI=1S/C11H19N3/c1-3-12-11-13-9(2)7-14(11)8-10-5-4-6-10/h7,10H,3-6,8H2,1-2H3,(H,12,13). The van der Waals surface area contributed by atoms with Crippen LogP contribution in [0.4, 0.5) is 5.95 Å². The van der Waals surface area contributed by atoms with Gasteiger partial charge < -0.3 is 9.88 Å². The number of anilines is 1. The molecule has 1 heterocycles. The molecule has 0 spiro atoms. The largest absolute Gasteiger partial charge is 0.356 e. The van der Waals surface area contributed by atoms with Gasteiger partial charge in [0.15, 0.2) is 0 Å². The van der Waals surface area contributed by atoms with E-state index in [0.717, 1.165) is 30.6 Å². The van der Waals surface area contributed by atoms with Crippen LogP contribution in [0.5, 0.6) is 0 Å². The van der Waals surface area contributed by atoms with E-state index in [2.05, 4.69) is 34.9 Å². The molecule has 78 valence electrons. The summed E-state index contributed by atoms with van der Waals surface area (Å²) in [6.45, 7) is 6.25. The van der Waals surface area contributed by atoms with Crippen LogP contribution >= 0.6 is 0 Å². The highest BCUT2D eigenvalue weighted by molar-refractivity contribution is 5.28. The van der Waals surface area contributed by atoms with E-state index in [-0.39, 0.29) is 0 Å². The molecular formula is C11H19N3. The number of aromatic nitrogens is 2. The lowest BCUT2D eigenvalue weighted by molar-refractivity contribution is 0.278. The molecule has 1 aromatic rings. The minimum atomic E-state index is 0.890. The molecule has 1 aromatic heterocycles. The van der Waals surface area contributed by atoms with E-state index < -0.39 is 0 Å². The fraction of sp³-hybridized carbons (Fsp3) is 0.727. The Morgan fingerprint density at radius 3 is 2.93 bits per heavy atom. The van der Waals surface area contributed by atoms with Crippen molar-refractivity contribution in [3.63, 3.8) is 0 Å². The van der Waals surface area contributed by atoms with Gasteiger partial charge in [0.25, 0.3) is 0 Å². The number of hydrogen-bond donors (Lipinski definition) is 1. The SMILES string of the molecule is CCNc1nc(C)cn1CC1CCC1. The van der Waals surface area contributed by atoms with Gasteiger partial charge in [0.2, 0.25) is 5.95 Å². The Morgan fingerprint density at radius 1 is 1.57 bits per heavy atom. The maximum Gasteiger partial charge on any atom is 0.203 e. The molecule has 0 unspecified atom stereocenters. The lowest BCUT2D eigenvalue weighted by Crippen LogP contribution is -2.19. The lowest BCUT2D eigenvalue weighted by atomic mass is 9.85. The fourth-order valence-corrected chi connectivity index (χ4v) is 1.94. The Balaban J connectivity index is 2.05. The number of imidazole rings is 1. The van der Waals surface area contributed by atoms with E-state index in [0.29, 0.717) is 0 Å². The molecule has 0 saturated heterocycles. The number of hydrogen-bond acceptors (Lipinski definition) is 2. The van der Waals surface area contributed by atoms with Crippen molar-refractivity contribution in [2.45, 2.75) is 39.7 Å². The highest BCUT2D eigenvalue weighted by atomic mass is 15.2. The van der Waals surface area contributed by atoms with Crippen LogP contribution in [-0.4, -0.2) is 16.1 Å². The van der Waals surface area contributed by atoms with Gasteiger partial charge in [-0.3, -0.25) is 0 Å². The highest BCUT2D eigenvalue weighted by Gasteiger charge is 2.19. The van der Waals surface area contributed by atoms with Gasteiger partial charge in [-0.25, -0.2) is 4.98 Å². The van der Waals surface area contributed by atoms with Crippen molar-refractivity contribution in [3.8, 4) is 0 Å². The summed E-state index contributed by atoms with van der Waals surface area (Å²) in [4.78, 5) is 4.46. The van der Waals surface area contributed by atoms with Gasteiger partial charge in [0, 0.05) is 19.3 Å². The first kappa shape index (κ1) is 9.56. The van der Waals surface area contributed by atoms with E-state index in [4.69, 9.17) is 0 Å². The van der Waals surface area contributed by atoms with Gasteiger partial charge in [0.05, 0.1) is 5.69 Å². The molecule has 0 bridgehead atoms. The summed E-state index contributed by atoms with van der Waals surface area (Å²) in [7, 11) is 0. The second-order valence-corrected chi connectivity index (χ2v) is 4.19. The zero-order valence-corrected chi connectivity index (χ0v) is 9.08. The molecule has 2 rings (SSSR count). The maximum absolute atomic E-state index is 4.46. The van der Waals surface area contributed by atoms with Crippen LogP contribution in [0.1, 0.15) is 31.9 Å². The molecule has 0 amide bonds. The van der Waals surface area contributed by atoms with E-state index in [1.54, 1.807) is 0 Å². The van der Waals surface area contributed by atoms with Crippen LogP contribution < -0.4 is 5.32 Å². The monoisotopic (exact) mass is 193 g/mol. The zero-order chi connectivity index (χ0) is 9.97. The molecular weight excluding hydrogens is 174 g/mol. The molecule has 1 saturated carbocycles. The molecule has 1 aliphatic rings. The van der Waals surface area contributed by atoms with Gasteiger partial charge >= 0.3 is 0 Å². The third-order valence-electron chi connectivity index (χ3n) is 2.91. The number of aryl methyl sites for hydroxylation is 1. The summed E-state index contributed by atoms with van der Waals surface area (Å²) in [5, 5.41) is 3.30. The molecule has 3 nitrogen and oxygen atoms in total. The van der Waals surface area contributed by atoms with Crippen molar-refractivity contribution in [3.05, 3.63) is 11.9 Å². The van der Waals surface area contributed by atoms with Crippen molar-refractivity contribution in [2.75, 3.05) is 11.9 Å². The van der Waals surface area contributed by atoms with Gasteiger partial charge in [-0.05, 0) is 32.6 Å². The normalized spacial score (nSPS) is 16.7. The summed E-state index contributed by atoms with van der Waals surface area (Å²) in [6, 6.07) is 0. The summed E-state index contributed by atoms with van der Waals surface area (Å²) in [5.74, 6) is 1.93. The predicted molar refractivity (Wildman–Crippen MR) is 58.5 cm³/mol. The van der Waals surface area contributed by atoms with Crippen LogP contribution in [0.25, 0.3) is 0 Å². The topological polar surface area (TPSA) is 29.9 Å². The molecule has 0 atom stereocenters. The molecule has 0 radical (unpaired) electrons. The Kier molecular flexibility index (Phi) is 2.75. The van der Waals surface area contributed by atoms with Crippen molar-refractivity contribution in [1.29, 1.82) is 0 Å². The highest BCUT2D eigenvalue weighted by Crippen LogP contribution is 2.28. The molecule has 1 N–H and O–H groups in total. The van der Waals surface area contributed by atoms with Gasteiger partial charge in [-0.15, -0.1) is 0 Å². The third-order valence-corrected chi connectivity index (χ3v) is 2.91. The van der Waals surface area contributed by atoms with E-state index in [1.807, 2.05) is 0 Å². The quantitative estimate of drug-likeness (QED) is 0.796. The van der Waals surface area contributed by atoms with Gasteiger partial charge in [0.1, 0.15) is 0 Å². The molecule has 14 heavy (non-hydrogen) atoms. The molecule has 3 heteroatoms. The maximum atomic E-state index is 4.46. The molecule has 0 aliphatic heterocycles.